The Bertz CT molecular complexity index is 1360. The predicted octanol–water partition coefficient (Wildman–Crippen LogP) is 6.13. The molecular weight excluding hydrogens is 452 g/mol. The first kappa shape index (κ1) is 23.4. The predicted molar refractivity (Wildman–Crippen MR) is 128 cm³/mol. The van der Waals surface area contributed by atoms with E-state index < -0.39 is 10.8 Å². The lowest BCUT2D eigenvalue weighted by Gasteiger charge is -2.10. The van der Waals surface area contributed by atoms with Gasteiger partial charge in [-0.05, 0) is 42.8 Å². The summed E-state index contributed by atoms with van der Waals surface area (Å²) in [6, 6.07) is 21.6. The first-order valence-electron chi connectivity index (χ1n) is 10.6. The first-order valence-corrected chi connectivity index (χ1v) is 10.6. The van der Waals surface area contributed by atoms with Crippen LogP contribution in [0.3, 0.4) is 0 Å². The van der Waals surface area contributed by atoms with Crippen LogP contribution >= 0.6 is 0 Å². The molecule has 0 aliphatic carbocycles. The normalized spacial score (nSPS) is 10.5. The molecule has 0 atom stereocenters. The number of amides is 1. The van der Waals surface area contributed by atoms with E-state index in [4.69, 9.17) is 18.6 Å². The summed E-state index contributed by atoms with van der Waals surface area (Å²) in [5, 5.41) is 14.0. The molecule has 0 spiro atoms. The van der Waals surface area contributed by atoms with Crippen LogP contribution in [0.15, 0.2) is 83.3 Å². The molecule has 9 nitrogen and oxygen atoms in total. The number of carbonyl (C=O) groups is 1. The molecule has 0 aliphatic rings. The minimum atomic E-state index is -0.569. The number of hydrogen-bond acceptors (Lipinski definition) is 7. The maximum absolute atomic E-state index is 12.7. The number of nitro benzene ring substituents is 1. The highest BCUT2D eigenvalue weighted by atomic mass is 16.6. The molecule has 3 aromatic carbocycles. The van der Waals surface area contributed by atoms with Crippen molar-refractivity contribution in [2.45, 2.75) is 13.5 Å². The van der Waals surface area contributed by atoms with E-state index in [-0.39, 0.29) is 29.5 Å². The Morgan fingerprint density at radius 3 is 2.54 bits per heavy atom. The third kappa shape index (κ3) is 5.97. The number of furan rings is 1. The van der Waals surface area contributed by atoms with Gasteiger partial charge in [0, 0.05) is 18.2 Å². The second-order valence-electron chi connectivity index (χ2n) is 7.53. The van der Waals surface area contributed by atoms with Gasteiger partial charge in [-0.3, -0.25) is 14.9 Å². The molecule has 0 radical (unpaired) electrons. The molecule has 0 fully saturated rings. The Morgan fingerprint density at radius 1 is 0.971 bits per heavy atom. The number of para-hydroxylation sites is 1. The van der Waals surface area contributed by atoms with Crippen molar-refractivity contribution in [2.24, 2.45) is 0 Å². The first-order chi connectivity index (χ1) is 16.9. The van der Waals surface area contributed by atoms with Crippen LogP contribution in [0.2, 0.25) is 0 Å². The van der Waals surface area contributed by atoms with E-state index in [1.807, 2.05) is 19.1 Å². The van der Waals surface area contributed by atoms with Crippen molar-refractivity contribution < 1.29 is 28.3 Å². The van der Waals surface area contributed by atoms with E-state index >= 15 is 0 Å². The zero-order valence-electron chi connectivity index (χ0n) is 19.0. The highest BCUT2D eigenvalue weighted by Gasteiger charge is 2.17. The summed E-state index contributed by atoms with van der Waals surface area (Å²) in [5.74, 6) is 1.91. The van der Waals surface area contributed by atoms with Crippen LogP contribution in [-0.4, -0.2) is 17.9 Å². The molecular formula is C26H22N2O7. The number of aryl methyl sites for hydroxylation is 1. The average Bonchev–Trinajstić information content (AvgIpc) is 3.33. The number of carbonyl (C=O) groups excluding carboxylic acids is 1. The van der Waals surface area contributed by atoms with E-state index in [0.717, 1.165) is 5.56 Å². The van der Waals surface area contributed by atoms with E-state index in [2.05, 4.69) is 5.32 Å². The smallest absolute Gasteiger partial charge is 0.291 e. The summed E-state index contributed by atoms with van der Waals surface area (Å²) >= 11 is 0. The fourth-order valence-electron chi connectivity index (χ4n) is 3.23. The molecule has 9 heteroatoms. The quantitative estimate of drug-likeness (QED) is 0.229. The molecule has 1 N–H and O–H groups in total. The van der Waals surface area contributed by atoms with Crippen LogP contribution in [-0.2, 0) is 6.61 Å². The number of nitro groups is 1. The van der Waals surface area contributed by atoms with Crippen molar-refractivity contribution in [1.82, 2.24) is 0 Å². The Labute approximate surface area is 201 Å². The zero-order chi connectivity index (χ0) is 24.8. The molecule has 4 aromatic rings. The molecule has 0 bridgehead atoms. The van der Waals surface area contributed by atoms with Crippen molar-refractivity contribution >= 4 is 17.3 Å². The molecule has 0 saturated carbocycles. The average molecular weight is 474 g/mol. The molecule has 1 aromatic heterocycles. The summed E-state index contributed by atoms with van der Waals surface area (Å²) in [7, 11) is 1.57. The van der Waals surface area contributed by atoms with Crippen LogP contribution < -0.4 is 19.5 Å². The molecule has 4 rings (SSSR count). The van der Waals surface area contributed by atoms with Gasteiger partial charge in [0.25, 0.3) is 11.6 Å². The molecule has 35 heavy (non-hydrogen) atoms. The van der Waals surface area contributed by atoms with Crippen molar-refractivity contribution in [3.05, 3.63) is 106 Å². The van der Waals surface area contributed by atoms with Crippen LogP contribution in [0.4, 0.5) is 11.4 Å². The lowest BCUT2D eigenvalue weighted by atomic mass is 10.2. The number of benzene rings is 3. The number of nitrogens with one attached hydrogen (secondary N) is 1. The fraction of sp³-hybridized carbons (Fsp3) is 0.115. The lowest BCUT2D eigenvalue weighted by molar-refractivity contribution is -0.384. The van der Waals surface area contributed by atoms with Crippen molar-refractivity contribution in [3.63, 3.8) is 0 Å². The topological polar surface area (TPSA) is 113 Å². The zero-order valence-corrected chi connectivity index (χ0v) is 19.0. The van der Waals surface area contributed by atoms with Gasteiger partial charge < -0.3 is 23.9 Å². The molecule has 0 aliphatic heterocycles. The number of rotatable bonds is 9. The summed E-state index contributed by atoms with van der Waals surface area (Å²) in [6.07, 6.45) is 0. The summed E-state index contributed by atoms with van der Waals surface area (Å²) in [4.78, 5) is 23.6. The van der Waals surface area contributed by atoms with Crippen LogP contribution in [0.5, 0.6) is 23.0 Å². The Hall–Kier alpha value is -4.79. The van der Waals surface area contributed by atoms with Gasteiger partial charge in [0.15, 0.2) is 5.76 Å². The van der Waals surface area contributed by atoms with Crippen LogP contribution in [0.1, 0.15) is 21.9 Å². The molecule has 0 unspecified atom stereocenters. The third-order valence-corrected chi connectivity index (χ3v) is 4.99. The second kappa shape index (κ2) is 10.4. The van der Waals surface area contributed by atoms with Crippen LogP contribution in [0.25, 0.3) is 0 Å². The van der Waals surface area contributed by atoms with Crippen molar-refractivity contribution in [2.75, 3.05) is 12.4 Å². The van der Waals surface area contributed by atoms with Gasteiger partial charge >= 0.3 is 0 Å². The van der Waals surface area contributed by atoms with Gasteiger partial charge in [-0.2, -0.15) is 0 Å². The number of anilines is 1. The van der Waals surface area contributed by atoms with E-state index in [1.54, 1.807) is 49.6 Å². The number of non-ortho nitro benzene ring substituents is 1. The maximum Gasteiger partial charge on any atom is 0.291 e. The Kier molecular flexibility index (Phi) is 6.96. The SMILES string of the molecule is COc1cccc(OCc2ccc(C(=O)Nc3cc(Oc4ccccc4C)cc([N+](=O)[O-])c3)o2)c1. The lowest BCUT2D eigenvalue weighted by Crippen LogP contribution is -2.11. The standard InChI is InChI=1S/C26H22N2O7/c1-17-6-3-4-9-24(17)35-23-13-18(12-19(14-23)28(30)31)27-26(29)25-11-10-22(34-25)16-33-21-8-5-7-20(15-21)32-2/h3-15H,16H2,1-2H3,(H,27,29). The van der Waals surface area contributed by atoms with E-state index in [9.17, 15) is 14.9 Å². The molecule has 1 heterocycles. The van der Waals surface area contributed by atoms with Gasteiger partial charge in [0.1, 0.15) is 35.4 Å². The van der Waals surface area contributed by atoms with E-state index in [0.29, 0.717) is 23.0 Å². The molecule has 1 amide bonds. The number of methoxy groups -OCH3 is 1. The Morgan fingerprint density at radius 2 is 1.77 bits per heavy atom. The van der Waals surface area contributed by atoms with Gasteiger partial charge in [0.2, 0.25) is 0 Å². The third-order valence-electron chi connectivity index (χ3n) is 4.99. The molecule has 0 saturated heterocycles. The minimum Gasteiger partial charge on any atom is -0.497 e. The number of nitrogens with zero attached hydrogens (tertiary/aromatic N) is 1. The highest BCUT2D eigenvalue weighted by molar-refractivity contribution is 6.02. The summed E-state index contributed by atoms with van der Waals surface area (Å²) in [6.45, 7) is 1.97. The van der Waals surface area contributed by atoms with Gasteiger partial charge in [0.05, 0.1) is 23.8 Å². The largest absolute Gasteiger partial charge is 0.497 e. The highest BCUT2D eigenvalue weighted by Crippen LogP contribution is 2.31. The fourth-order valence-corrected chi connectivity index (χ4v) is 3.23. The van der Waals surface area contributed by atoms with E-state index in [1.165, 1.54) is 24.3 Å². The summed E-state index contributed by atoms with van der Waals surface area (Å²) in [5.41, 5.74) is 0.834. The number of ether oxygens (including phenoxy) is 3. The maximum atomic E-state index is 12.7. The monoisotopic (exact) mass is 474 g/mol. The minimum absolute atomic E-state index is 0.0297. The van der Waals surface area contributed by atoms with Gasteiger partial charge in [-0.15, -0.1) is 0 Å². The van der Waals surface area contributed by atoms with Crippen LogP contribution in [0, 0.1) is 17.0 Å². The summed E-state index contributed by atoms with van der Waals surface area (Å²) < 4.78 is 22.2. The van der Waals surface area contributed by atoms with Crippen molar-refractivity contribution in [1.29, 1.82) is 0 Å². The number of hydrogen-bond donors (Lipinski definition) is 1. The second-order valence-corrected chi connectivity index (χ2v) is 7.53. The Balaban J connectivity index is 1.46. The van der Waals surface area contributed by atoms with Crippen molar-refractivity contribution in [3.8, 4) is 23.0 Å². The van der Waals surface area contributed by atoms with Gasteiger partial charge in [-0.1, -0.05) is 24.3 Å². The van der Waals surface area contributed by atoms with Gasteiger partial charge in [-0.25, -0.2) is 0 Å². The molecule has 178 valence electrons.